The monoisotopic (exact) mass is 214 g/mol. The summed E-state index contributed by atoms with van der Waals surface area (Å²) in [6.07, 6.45) is 2.54. The fraction of sp³-hybridized carbons (Fsp3) is 0.909. The minimum atomic E-state index is -0.264. The molecule has 0 spiro atoms. The Kier molecular flexibility index (Phi) is 5.05. The van der Waals surface area contributed by atoms with Crippen LogP contribution in [0.25, 0.3) is 0 Å². The van der Waals surface area contributed by atoms with Crippen LogP contribution in [0, 0.1) is 0 Å². The number of nitrogens with zero attached hydrogens (tertiary/aromatic N) is 1. The quantitative estimate of drug-likeness (QED) is 0.710. The third-order valence-electron chi connectivity index (χ3n) is 2.90. The fourth-order valence-corrected chi connectivity index (χ4v) is 1.90. The molecule has 1 saturated heterocycles. The van der Waals surface area contributed by atoms with Crippen LogP contribution in [0.3, 0.4) is 0 Å². The summed E-state index contributed by atoms with van der Waals surface area (Å²) in [7, 11) is 0. The molecule has 1 rings (SSSR count). The average Bonchev–Trinajstić information content (AvgIpc) is 2.24. The summed E-state index contributed by atoms with van der Waals surface area (Å²) < 4.78 is 0. The number of rotatable bonds is 4. The van der Waals surface area contributed by atoms with Crippen LogP contribution in [0.15, 0.2) is 0 Å². The zero-order chi connectivity index (χ0) is 11.3. The van der Waals surface area contributed by atoms with Gasteiger partial charge in [-0.25, -0.2) is 0 Å². The van der Waals surface area contributed by atoms with Crippen molar-refractivity contribution in [2.24, 2.45) is 0 Å². The molecule has 0 bridgehead atoms. The van der Waals surface area contributed by atoms with E-state index in [9.17, 15) is 9.90 Å². The number of likely N-dealkylation sites (tertiary alicyclic amines) is 1. The minimum Gasteiger partial charge on any atom is -0.392 e. The van der Waals surface area contributed by atoms with Gasteiger partial charge in [-0.05, 0) is 32.7 Å². The lowest BCUT2D eigenvalue weighted by Gasteiger charge is -2.33. The molecular weight excluding hydrogens is 192 g/mol. The summed E-state index contributed by atoms with van der Waals surface area (Å²) in [5, 5.41) is 12.4. The van der Waals surface area contributed by atoms with Crippen LogP contribution in [-0.2, 0) is 4.79 Å². The van der Waals surface area contributed by atoms with Gasteiger partial charge >= 0.3 is 0 Å². The van der Waals surface area contributed by atoms with Crippen molar-refractivity contribution in [1.29, 1.82) is 0 Å². The number of hydrogen-bond donors (Lipinski definition) is 2. The molecule has 1 heterocycles. The lowest BCUT2D eigenvalue weighted by molar-refractivity contribution is -0.126. The molecule has 2 atom stereocenters. The molecule has 4 heteroatoms. The largest absolute Gasteiger partial charge is 0.392 e. The highest BCUT2D eigenvalue weighted by Gasteiger charge is 2.25. The first-order valence-electron chi connectivity index (χ1n) is 5.85. The topological polar surface area (TPSA) is 52.6 Å². The smallest absolute Gasteiger partial charge is 0.237 e. The normalized spacial score (nSPS) is 24.9. The number of carbonyl (C=O) groups is 1. The second-order valence-electron chi connectivity index (χ2n) is 4.26. The molecule has 4 nitrogen and oxygen atoms in total. The van der Waals surface area contributed by atoms with Gasteiger partial charge in [-0.1, -0.05) is 6.92 Å². The maximum absolute atomic E-state index is 11.7. The third-order valence-corrected chi connectivity index (χ3v) is 2.90. The van der Waals surface area contributed by atoms with Gasteiger partial charge in [0.2, 0.25) is 5.91 Å². The number of amides is 1. The van der Waals surface area contributed by atoms with E-state index in [1.54, 1.807) is 0 Å². The van der Waals surface area contributed by atoms with Gasteiger partial charge in [0.05, 0.1) is 12.1 Å². The molecule has 0 aromatic carbocycles. The van der Waals surface area contributed by atoms with E-state index in [2.05, 4.69) is 10.2 Å². The third kappa shape index (κ3) is 3.80. The van der Waals surface area contributed by atoms with E-state index in [1.807, 2.05) is 13.8 Å². The number of aliphatic hydroxyl groups is 1. The van der Waals surface area contributed by atoms with Crippen molar-refractivity contribution >= 4 is 5.91 Å². The van der Waals surface area contributed by atoms with E-state index in [-0.39, 0.29) is 18.1 Å². The Hall–Kier alpha value is -0.610. The summed E-state index contributed by atoms with van der Waals surface area (Å²) in [5.41, 5.74) is 0. The van der Waals surface area contributed by atoms with Crippen molar-refractivity contribution in [3.8, 4) is 0 Å². The van der Waals surface area contributed by atoms with Crippen LogP contribution in [0.4, 0.5) is 0 Å². The Morgan fingerprint density at radius 1 is 1.67 bits per heavy atom. The molecule has 15 heavy (non-hydrogen) atoms. The van der Waals surface area contributed by atoms with Gasteiger partial charge in [-0.2, -0.15) is 0 Å². The molecule has 1 fully saturated rings. The number of nitrogens with one attached hydrogen (secondary N) is 1. The molecular formula is C11H22N2O2. The predicted molar refractivity (Wildman–Crippen MR) is 59.6 cm³/mol. The van der Waals surface area contributed by atoms with Crippen molar-refractivity contribution in [2.45, 2.75) is 45.3 Å². The molecule has 0 aromatic heterocycles. The van der Waals surface area contributed by atoms with E-state index >= 15 is 0 Å². The van der Waals surface area contributed by atoms with Gasteiger partial charge < -0.3 is 10.4 Å². The second-order valence-corrected chi connectivity index (χ2v) is 4.26. The summed E-state index contributed by atoms with van der Waals surface area (Å²) in [6, 6.07) is -0.119. The van der Waals surface area contributed by atoms with Gasteiger partial charge in [0.25, 0.3) is 0 Å². The SMILES string of the molecule is CCCNC(=O)C(C)N1CCCC(O)C1. The average molecular weight is 214 g/mol. The first-order valence-corrected chi connectivity index (χ1v) is 5.85. The zero-order valence-electron chi connectivity index (χ0n) is 9.70. The van der Waals surface area contributed by atoms with E-state index in [0.717, 1.165) is 32.4 Å². The van der Waals surface area contributed by atoms with Crippen molar-refractivity contribution < 1.29 is 9.90 Å². The summed E-state index contributed by atoms with van der Waals surface area (Å²) in [4.78, 5) is 13.7. The van der Waals surface area contributed by atoms with Crippen molar-refractivity contribution in [3.05, 3.63) is 0 Å². The second kappa shape index (κ2) is 6.08. The molecule has 1 aliphatic rings. The molecule has 0 radical (unpaired) electrons. The van der Waals surface area contributed by atoms with Gasteiger partial charge in [0.15, 0.2) is 0 Å². The maximum atomic E-state index is 11.7. The van der Waals surface area contributed by atoms with Crippen LogP contribution in [-0.4, -0.2) is 47.7 Å². The molecule has 0 aromatic rings. The first kappa shape index (κ1) is 12.5. The fourth-order valence-electron chi connectivity index (χ4n) is 1.90. The van der Waals surface area contributed by atoms with Crippen LogP contribution >= 0.6 is 0 Å². The van der Waals surface area contributed by atoms with Gasteiger partial charge in [-0.15, -0.1) is 0 Å². The predicted octanol–water partition coefficient (Wildman–Crippen LogP) is 0.358. The van der Waals surface area contributed by atoms with Crippen molar-refractivity contribution in [3.63, 3.8) is 0 Å². The summed E-state index contributed by atoms with van der Waals surface area (Å²) in [5.74, 6) is 0.0750. The van der Waals surface area contributed by atoms with Gasteiger partial charge in [0, 0.05) is 13.1 Å². The Morgan fingerprint density at radius 3 is 3.00 bits per heavy atom. The molecule has 2 N–H and O–H groups in total. The Labute approximate surface area is 91.6 Å². The number of β-amino-alcohol motifs (C(OH)–C–C–N with tert-alkyl or cyclic N) is 1. The van der Waals surface area contributed by atoms with E-state index < -0.39 is 0 Å². The number of hydrogen-bond acceptors (Lipinski definition) is 3. The molecule has 1 aliphatic heterocycles. The minimum absolute atomic E-state index is 0.0750. The highest BCUT2D eigenvalue weighted by atomic mass is 16.3. The van der Waals surface area contributed by atoms with Gasteiger partial charge in [-0.3, -0.25) is 9.69 Å². The summed E-state index contributed by atoms with van der Waals surface area (Å²) in [6.45, 7) is 6.22. The highest BCUT2D eigenvalue weighted by molar-refractivity contribution is 5.81. The standard InChI is InChI=1S/C11H22N2O2/c1-3-6-12-11(15)9(2)13-7-4-5-10(14)8-13/h9-10,14H,3-8H2,1-2H3,(H,12,15). The maximum Gasteiger partial charge on any atom is 0.237 e. The van der Waals surface area contributed by atoms with E-state index in [4.69, 9.17) is 0 Å². The lowest BCUT2D eigenvalue weighted by Crippen LogP contribution is -2.50. The Bertz CT molecular complexity index is 209. The van der Waals surface area contributed by atoms with Crippen LogP contribution in [0.2, 0.25) is 0 Å². The molecule has 88 valence electrons. The number of carbonyl (C=O) groups excluding carboxylic acids is 1. The van der Waals surface area contributed by atoms with Gasteiger partial charge in [0.1, 0.15) is 0 Å². The molecule has 0 saturated carbocycles. The molecule has 2 unspecified atom stereocenters. The molecule has 1 amide bonds. The Balaban J connectivity index is 2.37. The van der Waals surface area contributed by atoms with E-state index in [0.29, 0.717) is 6.54 Å². The first-order chi connectivity index (χ1) is 7.15. The molecule has 0 aliphatic carbocycles. The van der Waals surface area contributed by atoms with E-state index in [1.165, 1.54) is 0 Å². The number of aliphatic hydroxyl groups excluding tert-OH is 1. The van der Waals surface area contributed by atoms with Crippen molar-refractivity contribution in [2.75, 3.05) is 19.6 Å². The Morgan fingerprint density at radius 2 is 2.40 bits per heavy atom. The zero-order valence-corrected chi connectivity index (χ0v) is 9.70. The van der Waals surface area contributed by atoms with Crippen LogP contribution in [0.1, 0.15) is 33.1 Å². The number of piperidine rings is 1. The summed E-state index contributed by atoms with van der Waals surface area (Å²) >= 11 is 0. The van der Waals surface area contributed by atoms with Crippen molar-refractivity contribution in [1.82, 2.24) is 10.2 Å². The van der Waals surface area contributed by atoms with Crippen LogP contribution < -0.4 is 5.32 Å². The lowest BCUT2D eigenvalue weighted by atomic mass is 10.1. The highest BCUT2D eigenvalue weighted by Crippen LogP contribution is 2.12. The van der Waals surface area contributed by atoms with Crippen LogP contribution in [0.5, 0.6) is 0 Å².